The first-order valence-corrected chi connectivity index (χ1v) is 8.33. The van der Waals surface area contributed by atoms with Crippen molar-refractivity contribution in [1.82, 2.24) is 0 Å². The Morgan fingerprint density at radius 1 is 1.19 bits per heavy atom. The minimum atomic E-state index is -3.55. The lowest BCUT2D eigenvalue weighted by Crippen LogP contribution is -2.17. The molecule has 0 bridgehead atoms. The monoisotopic (exact) mass is 326 g/mol. The van der Waals surface area contributed by atoms with E-state index in [1.54, 1.807) is 35.7 Å². The summed E-state index contributed by atoms with van der Waals surface area (Å²) in [6, 6.07) is 9.58. The molecule has 2 N–H and O–H groups in total. The SMILES string of the molecule is COCC(=O)Nc1ccc(NS(=O)(=O)c2cccs2)cc1. The van der Waals surface area contributed by atoms with Crippen LogP contribution in [0.25, 0.3) is 0 Å². The van der Waals surface area contributed by atoms with Crippen molar-refractivity contribution in [3.8, 4) is 0 Å². The molecule has 0 saturated carbocycles. The summed E-state index contributed by atoms with van der Waals surface area (Å²) in [7, 11) is -2.12. The summed E-state index contributed by atoms with van der Waals surface area (Å²) in [5.41, 5.74) is 0.990. The van der Waals surface area contributed by atoms with Gasteiger partial charge in [-0.3, -0.25) is 9.52 Å². The van der Waals surface area contributed by atoms with Gasteiger partial charge >= 0.3 is 0 Å². The van der Waals surface area contributed by atoms with Crippen LogP contribution in [0.2, 0.25) is 0 Å². The van der Waals surface area contributed by atoms with Gasteiger partial charge in [-0.1, -0.05) is 6.07 Å². The van der Waals surface area contributed by atoms with E-state index in [4.69, 9.17) is 4.74 Å². The Kier molecular flexibility index (Phi) is 4.94. The smallest absolute Gasteiger partial charge is 0.271 e. The number of hydrogen-bond donors (Lipinski definition) is 2. The standard InChI is InChI=1S/C13H14N2O4S2/c1-19-9-12(16)14-10-4-6-11(7-5-10)15-21(17,18)13-3-2-8-20-13/h2-8,15H,9H2,1H3,(H,14,16). The van der Waals surface area contributed by atoms with Crippen molar-refractivity contribution in [3.05, 3.63) is 41.8 Å². The van der Waals surface area contributed by atoms with Gasteiger partial charge in [-0.2, -0.15) is 0 Å². The van der Waals surface area contributed by atoms with Gasteiger partial charge in [-0.25, -0.2) is 8.42 Å². The van der Waals surface area contributed by atoms with Crippen LogP contribution in [0.5, 0.6) is 0 Å². The summed E-state index contributed by atoms with van der Waals surface area (Å²) in [4.78, 5) is 11.3. The first-order valence-electron chi connectivity index (χ1n) is 5.96. The normalized spacial score (nSPS) is 11.1. The van der Waals surface area contributed by atoms with E-state index >= 15 is 0 Å². The molecule has 112 valence electrons. The van der Waals surface area contributed by atoms with Crippen molar-refractivity contribution in [2.45, 2.75) is 4.21 Å². The summed E-state index contributed by atoms with van der Waals surface area (Å²) in [5, 5.41) is 4.32. The number of carbonyl (C=O) groups is 1. The second-order valence-electron chi connectivity index (χ2n) is 4.10. The Morgan fingerprint density at radius 2 is 1.86 bits per heavy atom. The van der Waals surface area contributed by atoms with Gasteiger partial charge in [0.15, 0.2) is 0 Å². The molecule has 0 atom stereocenters. The van der Waals surface area contributed by atoms with E-state index in [1.165, 1.54) is 13.2 Å². The Morgan fingerprint density at radius 3 is 2.43 bits per heavy atom. The van der Waals surface area contributed by atoms with E-state index in [2.05, 4.69) is 10.0 Å². The fourth-order valence-corrected chi connectivity index (χ4v) is 3.62. The van der Waals surface area contributed by atoms with Gasteiger partial charge in [0.05, 0.1) is 0 Å². The van der Waals surface area contributed by atoms with E-state index in [9.17, 15) is 13.2 Å². The lowest BCUT2D eigenvalue weighted by Gasteiger charge is -2.08. The predicted molar refractivity (Wildman–Crippen MR) is 82.1 cm³/mol. The molecule has 2 aromatic rings. The Bertz CT molecular complexity index is 694. The average Bonchev–Trinajstić information content (AvgIpc) is 2.96. The Balaban J connectivity index is 2.04. The third-order valence-electron chi connectivity index (χ3n) is 2.46. The second-order valence-corrected chi connectivity index (χ2v) is 6.95. The van der Waals surface area contributed by atoms with Gasteiger partial charge in [0.2, 0.25) is 5.91 Å². The van der Waals surface area contributed by atoms with Crippen LogP contribution in [-0.2, 0) is 19.6 Å². The summed E-state index contributed by atoms with van der Waals surface area (Å²) < 4.78 is 31.5. The lowest BCUT2D eigenvalue weighted by atomic mass is 10.3. The maximum Gasteiger partial charge on any atom is 0.271 e. The van der Waals surface area contributed by atoms with Crippen LogP contribution in [0.15, 0.2) is 46.0 Å². The maximum absolute atomic E-state index is 12.0. The van der Waals surface area contributed by atoms with Crippen LogP contribution in [0.3, 0.4) is 0 Å². The minimum absolute atomic E-state index is 0.0350. The molecule has 21 heavy (non-hydrogen) atoms. The van der Waals surface area contributed by atoms with Gasteiger partial charge < -0.3 is 10.1 Å². The average molecular weight is 326 g/mol. The number of carbonyl (C=O) groups excluding carboxylic acids is 1. The summed E-state index contributed by atoms with van der Waals surface area (Å²) in [6.45, 7) is -0.0350. The molecule has 0 aliphatic rings. The highest BCUT2D eigenvalue weighted by atomic mass is 32.2. The molecule has 0 saturated heterocycles. The molecule has 0 unspecified atom stereocenters. The molecule has 1 heterocycles. The highest BCUT2D eigenvalue weighted by molar-refractivity contribution is 7.94. The number of anilines is 2. The molecule has 2 rings (SSSR count). The number of thiophene rings is 1. The third-order valence-corrected chi connectivity index (χ3v) is 5.23. The fraction of sp³-hybridized carbons (Fsp3) is 0.154. The van der Waals surface area contributed by atoms with E-state index in [0.29, 0.717) is 11.4 Å². The molecule has 1 amide bonds. The summed E-state index contributed by atoms with van der Waals surface area (Å²) in [6.07, 6.45) is 0. The van der Waals surface area contributed by atoms with Crippen LogP contribution in [0, 0.1) is 0 Å². The Hall–Kier alpha value is -1.90. The van der Waals surface area contributed by atoms with E-state index < -0.39 is 10.0 Å². The van der Waals surface area contributed by atoms with Gasteiger partial charge in [0.1, 0.15) is 10.8 Å². The zero-order valence-electron chi connectivity index (χ0n) is 11.2. The van der Waals surface area contributed by atoms with Crippen LogP contribution < -0.4 is 10.0 Å². The van der Waals surface area contributed by atoms with Crippen molar-refractivity contribution in [3.63, 3.8) is 0 Å². The zero-order chi connectivity index (χ0) is 15.3. The molecule has 6 nitrogen and oxygen atoms in total. The van der Waals surface area contributed by atoms with E-state index in [0.717, 1.165) is 11.3 Å². The summed E-state index contributed by atoms with van der Waals surface area (Å²) >= 11 is 1.14. The Labute approximate surface area is 126 Å². The minimum Gasteiger partial charge on any atom is -0.375 e. The third kappa shape index (κ3) is 4.28. The first kappa shape index (κ1) is 15.5. The van der Waals surface area contributed by atoms with Gasteiger partial charge in [0.25, 0.3) is 10.0 Å². The lowest BCUT2D eigenvalue weighted by molar-refractivity contribution is -0.119. The molecule has 0 aliphatic carbocycles. The van der Waals surface area contributed by atoms with Crippen LogP contribution in [0.4, 0.5) is 11.4 Å². The van der Waals surface area contributed by atoms with Crippen molar-refractivity contribution < 1.29 is 17.9 Å². The number of methoxy groups -OCH3 is 1. The van der Waals surface area contributed by atoms with E-state index in [-0.39, 0.29) is 16.7 Å². The van der Waals surface area contributed by atoms with Crippen LogP contribution in [0.1, 0.15) is 0 Å². The van der Waals surface area contributed by atoms with Crippen LogP contribution in [-0.4, -0.2) is 28.0 Å². The number of rotatable bonds is 6. The number of hydrogen-bond acceptors (Lipinski definition) is 5. The molecule has 1 aromatic heterocycles. The first-order chi connectivity index (χ1) is 10.0. The fourth-order valence-electron chi connectivity index (χ4n) is 1.57. The van der Waals surface area contributed by atoms with Crippen molar-refractivity contribution in [1.29, 1.82) is 0 Å². The number of nitrogens with one attached hydrogen (secondary N) is 2. The molecule has 0 fully saturated rings. The molecule has 1 aromatic carbocycles. The van der Waals surface area contributed by atoms with Crippen molar-refractivity contribution in [2.24, 2.45) is 0 Å². The van der Waals surface area contributed by atoms with Crippen LogP contribution >= 0.6 is 11.3 Å². The second kappa shape index (κ2) is 6.70. The number of amides is 1. The summed E-state index contributed by atoms with van der Waals surface area (Å²) in [5.74, 6) is -0.274. The molecular formula is C13H14N2O4S2. The molecule has 0 radical (unpaired) electrons. The highest BCUT2D eigenvalue weighted by Crippen LogP contribution is 2.21. The zero-order valence-corrected chi connectivity index (χ0v) is 12.8. The van der Waals surface area contributed by atoms with E-state index in [1.807, 2.05) is 0 Å². The molecular weight excluding hydrogens is 312 g/mol. The van der Waals surface area contributed by atoms with Gasteiger partial charge in [0, 0.05) is 18.5 Å². The largest absolute Gasteiger partial charge is 0.375 e. The number of ether oxygens (including phenoxy) is 1. The molecule has 8 heteroatoms. The van der Waals surface area contributed by atoms with Gasteiger partial charge in [-0.05, 0) is 35.7 Å². The predicted octanol–water partition coefficient (Wildman–Crippen LogP) is 2.13. The van der Waals surface area contributed by atoms with Crippen molar-refractivity contribution >= 4 is 38.6 Å². The van der Waals surface area contributed by atoms with Gasteiger partial charge in [-0.15, -0.1) is 11.3 Å². The number of benzene rings is 1. The molecule has 0 aliphatic heterocycles. The van der Waals surface area contributed by atoms with Crippen molar-refractivity contribution in [2.75, 3.05) is 23.8 Å². The maximum atomic E-state index is 12.0. The molecule has 0 spiro atoms. The quantitative estimate of drug-likeness (QED) is 0.852. The highest BCUT2D eigenvalue weighted by Gasteiger charge is 2.14. The topological polar surface area (TPSA) is 84.5 Å². The number of sulfonamides is 1.